The molecule has 0 amide bonds. The van der Waals surface area contributed by atoms with E-state index in [1.54, 1.807) is 12.1 Å². The molecule has 0 heterocycles. The molecule has 126 valence electrons. The molecule has 1 aromatic carbocycles. The highest BCUT2D eigenvalue weighted by molar-refractivity contribution is 5.87. The summed E-state index contributed by atoms with van der Waals surface area (Å²) in [6.07, 6.45) is 8.07. The largest absolute Gasteiger partial charge is 0.493 e. The van der Waals surface area contributed by atoms with Crippen LogP contribution in [0.5, 0.6) is 11.5 Å². The molecule has 2 rings (SSSR count). The molecule has 6 heteroatoms. The van der Waals surface area contributed by atoms with E-state index in [-0.39, 0.29) is 17.6 Å². The number of rotatable bonds is 6. The number of hydrogen-bond acceptors (Lipinski definition) is 4. The van der Waals surface area contributed by atoms with Gasteiger partial charge in [-0.1, -0.05) is 12.5 Å². The van der Waals surface area contributed by atoms with Gasteiger partial charge in [-0.3, -0.25) is 0 Å². The minimum atomic E-state index is -2.92. The number of hydrogen-bond donors (Lipinski definition) is 0. The summed E-state index contributed by atoms with van der Waals surface area (Å²) < 4.78 is 39.2. The van der Waals surface area contributed by atoms with Gasteiger partial charge in [-0.15, -0.1) is 0 Å². The van der Waals surface area contributed by atoms with Crippen molar-refractivity contribution in [3.63, 3.8) is 0 Å². The van der Waals surface area contributed by atoms with Crippen molar-refractivity contribution in [1.29, 1.82) is 0 Å². The lowest BCUT2D eigenvalue weighted by Crippen LogP contribution is -2.19. The van der Waals surface area contributed by atoms with E-state index in [1.165, 1.54) is 31.7 Å². The van der Waals surface area contributed by atoms with Crippen molar-refractivity contribution in [3.8, 4) is 11.5 Å². The van der Waals surface area contributed by atoms with Crippen LogP contribution in [0.25, 0.3) is 6.08 Å². The second-order valence-corrected chi connectivity index (χ2v) is 5.32. The number of esters is 1. The van der Waals surface area contributed by atoms with E-state index in [0.717, 1.165) is 25.7 Å². The molecule has 0 unspecified atom stereocenters. The zero-order chi connectivity index (χ0) is 16.7. The second-order valence-electron chi connectivity index (χ2n) is 5.32. The van der Waals surface area contributed by atoms with Crippen LogP contribution in [-0.2, 0) is 9.53 Å². The highest BCUT2D eigenvalue weighted by Crippen LogP contribution is 2.30. The molecule has 0 atom stereocenters. The average Bonchev–Trinajstić information content (AvgIpc) is 2.54. The number of carbonyl (C=O) groups is 1. The Labute approximate surface area is 134 Å². The van der Waals surface area contributed by atoms with Crippen molar-refractivity contribution in [2.75, 3.05) is 7.11 Å². The van der Waals surface area contributed by atoms with Crippen molar-refractivity contribution >= 4 is 12.0 Å². The maximum absolute atomic E-state index is 12.3. The Bertz CT molecular complexity index is 552. The Morgan fingerprint density at radius 1 is 1.22 bits per heavy atom. The van der Waals surface area contributed by atoms with E-state index in [9.17, 15) is 13.6 Å². The van der Waals surface area contributed by atoms with Crippen LogP contribution >= 0.6 is 0 Å². The summed E-state index contributed by atoms with van der Waals surface area (Å²) >= 11 is 0. The standard InChI is InChI=1S/C17H20F2O4/c1-21-15-11-12(7-9-14(15)23-17(18)19)8-10-16(20)22-13-5-3-2-4-6-13/h7-11,13,17H,2-6H2,1H3. The molecule has 1 fully saturated rings. The molecule has 0 aromatic heterocycles. The van der Waals surface area contributed by atoms with Crippen LogP contribution in [0.4, 0.5) is 8.78 Å². The lowest BCUT2D eigenvalue weighted by Gasteiger charge is -2.20. The maximum Gasteiger partial charge on any atom is 0.387 e. The fraction of sp³-hybridized carbons (Fsp3) is 0.471. The number of carbonyl (C=O) groups excluding carboxylic acids is 1. The topological polar surface area (TPSA) is 44.8 Å². The molecule has 0 radical (unpaired) electrons. The SMILES string of the molecule is COc1cc(C=CC(=O)OC2CCCCC2)ccc1OC(F)F. The molecule has 0 saturated heterocycles. The Morgan fingerprint density at radius 2 is 1.96 bits per heavy atom. The Hall–Kier alpha value is -2.11. The summed E-state index contributed by atoms with van der Waals surface area (Å²) in [5.41, 5.74) is 0.629. The van der Waals surface area contributed by atoms with Crippen molar-refractivity contribution in [2.24, 2.45) is 0 Å². The molecule has 0 bridgehead atoms. The van der Waals surface area contributed by atoms with E-state index in [4.69, 9.17) is 9.47 Å². The quantitative estimate of drug-likeness (QED) is 0.581. The Balaban J connectivity index is 1.96. The van der Waals surface area contributed by atoms with Gasteiger partial charge in [0.25, 0.3) is 0 Å². The number of methoxy groups -OCH3 is 1. The van der Waals surface area contributed by atoms with Crippen LogP contribution in [0.15, 0.2) is 24.3 Å². The predicted octanol–water partition coefficient (Wildman–Crippen LogP) is 4.19. The molecule has 1 aromatic rings. The first-order valence-corrected chi connectivity index (χ1v) is 7.60. The van der Waals surface area contributed by atoms with Gasteiger partial charge in [0, 0.05) is 6.08 Å². The van der Waals surface area contributed by atoms with Crippen molar-refractivity contribution in [1.82, 2.24) is 0 Å². The summed E-state index contributed by atoms with van der Waals surface area (Å²) in [4.78, 5) is 11.8. The summed E-state index contributed by atoms with van der Waals surface area (Å²) in [7, 11) is 1.36. The lowest BCUT2D eigenvalue weighted by atomic mass is 9.98. The molecule has 0 aliphatic heterocycles. The predicted molar refractivity (Wildman–Crippen MR) is 81.6 cm³/mol. The monoisotopic (exact) mass is 326 g/mol. The van der Waals surface area contributed by atoms with Crippen LogP contribution in [-0.4, -0.2) is 25.8 Å². The molecular weight excluding hydrogens is 306 g/mol. The van der Waals surface area contributed by atoms with Gasteiger partial charge in [0.05, 0.1) is 7.11 Å². The van der Waals surface area contributed by atoms with Gasteiger partial charge in [0.1, 0.15) is 6.10 Å². The molecule has 4 nitrogen and oxygen atoms in total. The van der Waals surface area contributed by atoms with Crippen LogP contribution in [0, 0.1) is 0 Å². The zero-order valence-electron chi connectivity index (χ0n) is 13.0. The van der Waals surface area contributed by atoms with Gasteiger partial charge < -0.3 is 14.2 Å². The molecular formula is C17H20F2O4. The van der Waals surface area contributed by atoms with Crippen LogP contribution in [0.3, 0.4) is 0 Å². The maximum atomic E-state index is 12.3. The fourth-order valence-electron chi connectivity index (χ4n) is 2.53. The normalized spacial score (nSPS) is 15.8. The van der Waals surface area contributed by atoms with E-state index in [1.807, 2.05) is 0 Å². The van der Waals surface area contributed by atoms with Crippen molar-refractivity contribution in [2.45, 2.75) is 44.8 Å². The van der Waals surface area contributed by atoms with Gasteiger partial charge in [-0.2, -0.15) is 8.78 Å². The summed E-state index contributed by atoms with van der Waals surface area (Å²) in [6, 6.07) is 4.45. The minimum Gasteiger partial charge on any atom is -0.493 e. The third kappa shape index (κ3) is 5.54. The number of ether oxygens (including phenoxy) is 3. The van der Waals surface area contributed by atoms with Crippen LogP contribution < -0.4 is 9.47 Å². The summed E-state index contributed by atoms with van der Waals surface area (Å²) in [5.74, 6) is -0.277. The number of halogens is 2. The molecule has 1 saturated carbocycles. The summed E-state index contributed by atoms with van der Waals surface area (Å²) in [6.45, 7) is -2.92. The van der Waals surface area contributed by atoms with E-state index >= 15 is 0 Å². The highest BCUT2D eigenvalue weighted by Gasteiger charge is 2.16. The fourth-order valence-corrected chi connectivity index (χ4v) is 2.53. The first-order chi connectivity index (χ1) is 11.1. The van der Waals surface area contributed by atoms with Gasteiger partial charge in [0.2, 0.25) is 0 Å². The van der Waals surface area contributed by atoms with E-state index < -0.39 is 12.6 Å². The van der Waals surface area contributed by atoms with E-state index in [2.05, 4.69) is 4.74 Å². The van der Waals surface area contributed by atoms with Gasteiger partial charge in [-0.25, -0.2) is 4.79 Å². The average molecular weight is 326 g/mol. The summed E-state index contributed by atoms with van der Waals surface area (Å²) in [5, 5.41) is 0. The molecule has 0 spiro atoms. The van der Waals surface area contributed by atoms with Crippen LogP contribution in [0.2, 0.25) is 0 Å². The van der Waals surface area contributed by atoms with Crippen LogP contribution in [0.1, 0.15) is 37.7 Å². The molecule has 1 aliphatic rings. The zero-order valence-corrected chi connectivity index (χ0v) is 13.0. The minimum absolute atomic E-state index is 0.00254. The Morgan fingerprint density at radius 3 is 2.61 bits per heavy atom. The molecule has 0 N–H and O–H groups in total. The third-order valence-electron chi connectivity index (χ3n) is 3.65. The number of benzene rings is 1. The number of alkyl halides is 2. The second kappa shape index (κ2) is 8.50. The Kier molecular flexibility index (Phi) is 6.38. The first kappa shape index (κ1) is 17.2. The van der Waals surface area contributed by atoms with E-state index in [0.29, 0.717) is 5.56 Å². The highest BCUT2D eigenvalue weighted by atomic mass is 19.3. The van der Waals surface area contributed by atoms with Gasteiger partial charge in [-0.05, 0) is 49.5 Å². The van der Waals surface area contributed by atoms with Gasteiger partial charge in [0.15, 0.2) is 11.5 Å². The van der Waals surface area contributed by atoms with Gasteiger partial charge >= 0.3 is 12.6 Å². The van der Waals surface area contributed by atoms with Crippen molar-refractivity contribution < 1.29 is 27.8 Å². The smallest absolute Gasteiger partial charge is 0.387 e. The first-order valence-electron chi connectivity index (χ1n) is 7.60. The molecule has 23 heavy (non-hydrogen) atoms. The molecule has 1 aliphatic carbocycles. The lowest BCUT2D eigenvalue weighted by molar-refractivity contribution is -0.144. The third-order valence-corrected chi connectivity index (χ3v) is 3.65. The van der Waals surface area contributed by atoms with Crippen molar-refractivity contribution in [3.05, 3.63) is 29.8 Å².